The van der Waals surface area contributed by atoms with E-state index >= 15 is 0 Å². The number of ether oxygens (including phenoxy) is 1. The smallest absolute Gasteiger partial charge is 0.303 e. The fraction of sp³-hybridized carbons (Fsp3) is 0.667. The molecule has 1 saturated heterocycles. The van der Waals surface area contributed by atoms with Gasteiger partial charge in [-0.3, -0.25) is 4.79 Å². The van der Waals surface area contributed by atoms with Gasteiger partial charge in [0.05, 0.1) is 24.8 Å². The molecule has 1 unspecified atom stereocenters. The van der Waals surface area contributed by atoms with Gasteiger partial charge >= 0.3 is 5.97 Å². The second-order valence-electron chi connectivity index (χ2n) is 4.50. The maximum atomic E-state index is 10.7. The van der Waals surface area contributed by atoms with Crippen LogP contribution in [0, 0.1) is 6.92 Å². The molecule has 0 spiro atoms. The Morgan fingerprint density at radius 3 is 2.83 bits per heavy atom. The maximum absolute atomic E-state index is 10.7. The summed E-state index contributed by atoms with van der Waals surface area (Å²) in [6.07, 6.45) is 1.66. The van der Waals surface area contributed by atoms with Gasteiger partial charge in [-0.2, -0.15) is 0 Å². The minimum Gasteiger partial charge on any atom is -0.481 e. The van der Waals surface area contributed by atoms with E-state index in [0.29, 0.717) is 18.8 Å². The van der Waals surface area contributed by atoms with Gasteiger partial charge in [-0.15, -0.1) is 0 Å². The van der Waals surface area contributed by atoms with Crippen molar-refractivity contribution in [2.45, 2.75) is 45.4 Å². The molecular formula is C12H18N2O4. The van der Waals surface area contributed by atoms with Crippen LogP contribution in [0.4, 0.5) is 0 Å². The Morgan fingerprint density at radius 2 is 2.33 bits per heavy atom. The molecule has 18 heavy (non-hydrogen) atoms. The van der Waals surface area contributed by atoms with Gasteiger partial charge in [-0.05, 0) is 19.8 Å². The van der Waals surface area contributed by atoms with Crippen molar-refractivity contribution in [1.82, 2.24) is 9.55 Å². The van der Waals surface area contributed by atoms with Crippen LogP contribution in [0.25, 0.3) is 0 Å². The highest BCUT2D eigenvalue weighted by molar-refractivity contribution is 5.67. The molecular weight excluding hydrogens is 236 g/mol. The van der Waals surface area contributed by atoms with Crippen molar-refractivity contribution in [3.63, 3.8) is 0 Å². The Bertz CT molecular complexity index is 438. The van der Waals surface area contributed by atoms with Crippen molar-refractivity contribution < 1.29 is 19.7 Å². The normalized spacial score (nSPS) is 18.7. The number of imidazole rings is 1. The maximum Gasteiger partial charge on any atom is 0.303 e. The van der Waals surface area contributed by atoms with Gasteiger partial charge in [0.1, 0.15) is 12.4 Å². The lowest BCUT2D eigenvalue weighted by Gasteiger charge is -2.28. The average Bonchev–Trinajstić information content (AvgIpc) is 2.57. The molecule has 2 rings (SSSR count). The van der Waals surface area contributed by atoms with Crippen LogP contribution in [0.1, 0.15) is 30.1 Å². The number of hydrogen-bond acceptors (Lipinski definition) is 4. The number of aryl methyl sites for hydroxylation is 1. The molecule has 0 amide bonds. The minimum atomic E-state index is -0.826. The van der Waals surface area contributed by atoms with E-state index in [9.17, 15) is 9.90 Å². The highest BCUT2D eigenvalue weighted by Gasteiger charge is 2.23. The van der Waals surface area contributed by atoms with Gasteiger partial charge in [0.2, 0.25) is 0 Å². The molecule has 100 valence electrons. The second-order valence-corrected chi connectivity index (χ2v) is 4.50. The molecule has 1 aromatic heterocycles. The lowest BCUT2D eigenvalue weighted by atomic mass is 10.1. The quantitative estimate of drug-likeness (QED) is 0.771. The largest absolute Gasteiger partial charge is 0.481 e. The lowest BCUT2D eigenvalue weighted by molar-refractivity contribution is -0.136. The Hall–Kier alpha value is -1.40. The van der Waals surface area contributed by atoms with Gasteiger partial charge in [-0.1, -0.05) is 0 Å². The van der Waals surface area contributed by atoms with Crippen molar-refractivity contribution >= 4 is 5.97 Å². The standard InChI is InChI=1S/C12H18N2O4/c1-8-10(2-3-12(16)17)14(11(7-15)13-8)6-9-4-5-18-9/h9,15H,2-7H2,1H3,(H,16,17). The van der Waals surface area contributed by atoms with E-state index in [0.717, 1.165) is 24.4 Å². The van der Waals surface area contributed by atoms with Crippen LogP contribution in [-0.4, -0.2) is 38.4 Å². The first-order chi connectivity index (χ1) is 8.61. The number of carboxylic acids is 1. The monoisotopic (exact) mass is 254 g/mol. The first-order valence-corrected chi connectivity index (χ1v) is 6.11. The minimum absolute atomic E-state index is 0.0723. The number of aliphatic carboxylic acids is 1. The molecule has 1 atom stereocenters. The fourth-order valence-corrected chi connectivity index (χ4v) is 2.18. The lowest BCUT2D eigenvalue weighted by Crippen LogP contribution is -2.32. The van der Waals surface area contributed by atoms with Gasteiger partial charge in [-0.25, -0.2) is 4.98 Å². The fourth-order valence-electron chi connectivity index (χ4n) is 2.18. The summed E-state index contributed by atoms with van der Waals surface area (Å²) in [6, 6.07) is 0. The third-order valence-electron chi connectivity index (χ3n) is 3.25. The number of aromatic nitrogens is 2. The van der Waals surface area contributed by atoms with Gasteiger partial charge in [0.25, 0.3) is 0 Å². The van der Waals surface area contributed by atoms with Gasteiger partial charge in [0, 0.05) is 12.3 Å². The molecule has 0 aromatic carbocycles. The van der Waals surface area contributed by atoms with E-state index in [1.165, 1.54) is 0 Å². The summed E-state index contributed by atoms with van der Waals surface area (Å²) in [7, 11) is 0. The van der Waals surface area contributed by atoms with Crippen LogP contribution in [-0.2, 0) is 29.1 Å². The van der Waals surface area contributed by atoms with Crippen molar-refractivity contribution in [3.05, 3.63) is 17.2 Å². The predicted octanol–water partition coefficient (Wildman–Crippen LogP) is 0.490. The van der Waals surface area contributed by atoms with Crippen LogP contribution >= 0.6 is 0 Å². The van der Waals surface area contributed by atoms with E-state index in [4.69, 9.17) is 9.84 Å². The molecule has 2 N–H and O–H groups in total. The van der Waals surface area contributed by atoms with E-state index in [1.807, 2.05) is 11.5 Å². The second kappa shape index (κ2) is 5.49. The van der Waals surface area contributed by atoms with E-state index in [-0.39, 0.29) is 19.1 Å². The molecule has 0 radical (unpaired) electrons. The number of carbonyl (C=O) groups is 1. The molecule has 6 nitrogen and oxygen atoms in total. The summed E-state index contributed by atoms with van der Waals surface area (Å²) < 4.78 is 7.28. The molecule has 1 aliphatic heterocycles. The predicted molar refractivity (Wildman–Crippen MR) is 63.2 cm³/mol. The zero-order chi connectivity index (χ0) is 13.1. The zero-order valence-electron chi connectivity index (χ0n) is 10.4. The van der Waals surface area contributed by atoms with E-state index in [2.05, 4.69) is 4.98 Å². The Morgan fingerprint density at radius 1 is 1.61 bits per heavy atom. The Balaban J connectivity index is 2.18. The highest BCUT2D eigenvalue weighted by Crippen LogP contribution is 2.19. The first kappa shape index (κ1) is 13.0. The Kier molecular flexibility index (Phi) is 3.98. The topological polar surface area (TPSA) is 84.6 Å². The molecule has 1 aliphatic rings. The van der Waals surface area contributed by atoms with Gasteiger partial charge in [0.15, 0.2) is 0 Å². The summed E-state index contributed by atoms with van der Waals surface area (Å²) in [5.74, 6) is -0.240. The molecule has 1 aromatic rings. The van der Waals surface area contributed by atoms with Crippen LogP contribution in [0.2, 0.25) is 0 Å². The molecule has 0 saturated carbocycles. The molecule has 0 bridgehead atoms. The van der Waals surface area contributed by atoms with E-state index < -0.39 is 5.97 Å². The molecule has 0 aliphatic carbocycles. The number of hydrogen-bond donors (Lipinski definition) is 2. The summed E-state index contributed by atoms with van der Waals surface area (Å²) in [4.78, 5) is 14.9. The number of carboxylic acid groups (broad SMARTS) is 1. The van der Waals surface area contributed by atoms with Crippen LogP contribution in [0.3, 0.4) is 0 Å². The van der Waals surface area contributed by atoms with Crippen molar-refractivity contribution in [2.24, 2.45) is 0 Å². The SMILES string of the molecule is Cc1nc(CO)n(CC2CCO2)c1CCC(=O)O. The van der Waals surface area contributed by atoms with Crippen molar-refractivity contribution in [1.29, 1.82) is 0 Å². The number of aliphatic hydroxyl groups is 1. The van der Waals surface area contributed by atoms with Crippen LogP contribution in [0.5, 0.6) is 0 Å². The third-order valence-corrected chi connectivity index (χ3v) is 3.25. The first-order valence-electron chi connectivity index (χ1n) is 6.11. The van der Waals surface area contributed by atoms with Crippen molar-refractivity contribution in [2.75, 3.05) is 6.61 Å². The molecule has 1 fully saturated rings. The van der Waals surface area contributed by atoms with Crippen LogP contribution < -0.4 is 0 Å². The molecule has 6 heteroatoms. The summed E-state index contributed by atoms with van der Waals surface area (Å²) >= 11 is 0. The van der Waals surface area contributed by atoms with Gasteiger partial charge < -0.3 is 19.5 Å². The third kappa shape index (κ3) is 2.70. The van der Waals surface area contributed by atoms with Crippen molar-refractivity contribution in [3.8, 4) is 0 Å². The summed E-state index contributed by atoms with van der Waals surface area (Å²) in [5.41, 5.74) is 1.68. The van der Waals surface area contributed by atoms with E-state index in [1.54, 1.807) is 0 Å². The average molecular weight is 254 g/mol. The van der Waals surface area contributed by atoms with Crippen LogP contribution in [0.15, 0.2) is 0 Å². The number of nitrogens with zero attached hydrogens (tertiary/aromatic N) is 2. The zero-order valence-corrected chi connectivity index (χ0v) is 10.4. The number of rotatable bonds is 6. The highest BCUT2D eigenvalue weighted by atomic mass is 16.5. The number of aliphatic hydroxyl groups excluding tert-OH is 1. The summed E-state index contributed by atoms with van der Waals surface area (Å²) in [5, 5.41) is 18.1. The summed E-state index contributed by atoms with van der Waals surface area (Å²) in [6.45, 7) is 3.12. The molecule has 2 heterocycles. The Labute approximate surface area is 105 Å².